The van der Waals surface area contributed by atoms with Gasteiger partial charge in [0.2, 0.25) is 0 Å². The number of benzene rings is 2. The van der Waals surface area contributed by atoms with E-state index in [1.165, 1.54) is 30.5 Å². The van der Waals surface area contributed by atoms with E-state index in [-0.39, 0.29) is 17.2 Å². The van der Waals surface area contributed by atoms with E-state index in [9.17, 15) is 18.4 Å². The summed E-state index contributed by atoms with van der Waals surface area (Å²) in [5.74, 6) is -0.803. The zero-order valence-corrected chi connectivity index (χ0v) is 15.0. The number of ether oxygens (including phenoxy) is 1. The third-order valence-electron chi connectivity index (χ3n) is 3.34. The molecular weight excluding hydrogens is 372 g/mol. The molecular formula is C19H19F2N3O4. The zero-order chi connectivity index (χ0) is 20.4. The fourth-order valence-corrected chi connectivity index (χ4v) is 2.18. The van der Waals surface area contributed by atoms with Crippen LogP contribution in [-0.4, -0.2) is 37.8 Å². The molecule has 148 valence electrons. The molecule has 0 saturated heterocycles. The SMILES string of the molecule is CCNC(=O)c1cccc(NC(=O)CO/N=C/c2ccccc2OC(F)F)c1. The predicted octanol–water partition coefficient (Wildman–Crippen LogP) is 3.03. The van der Waals surface area contributed by atoms with Gasteiger partial charge in [0.1, 0.15) is 5.75 Å². The van der Waals surface area contributed by atoms with Crippen molar-refractivity contribution in [3.63, 3.8) is 0 Å². The molecule has 7 nitrogen and oxygen atoms in total. The first-order chi connectivity index (χ1) is 13.5. The Morgan fingerprint density at radius 1 is 1.18 bits per heavy atom. The van der Waals surface area contributed by atoms with Crippen LogP contribution in [0.15, 0.2) is 53.7 Å². The van der Waals surface area contributed by atoms with E-state index >= 15 is 0 Å². The molecule has 2 rings (SSSR count). The second kappa shape index (κ2) is 10.6. The maximum absolute atomic E-state index is 12.3. The first kappa shape index (κ1) is 20.8. The van der Waals surface area contributed by atoms with Crippen molar-refractivity contribution in [1.82, 2.24) is 5.32 Å². The lowest BCUT2D eigenvalue weighted by Gasteiger charge is -2.08. The number of amides is 2. The molecule has 2 aromatic rings. The van der Waals surface area contributed by atoms with Gasteiger partial charge in [0.05, 0.1) is 6.21 Å². The van der Waals surface area contributed by atoms with Gasteiger partial charge in [-0.25, -0.2) is 0 Å². The van der Waals surface area contributed by atoms with E-state index in [0.29, 0.717) is 17.8 Å². The van der Waals surface area contributed by atoms with E-state index in [1.807, 2.05) is 0 Å². The molecule has 0 saturated carbocycles. The largest absolute Gasteiger partial charge is 0.434 e. The quantitative estimate of drug-likeness (QED) is 0.508. The molecule has 0 aliphatic carbocycles. The van der Waals surface area contributed by atoms with Crippen molar-refractivity contribution in [1.29, 1.82) is 0 Å². The monoisotopic (exact) mass is 391 g/mol. The number of hydrogen-bond acceptors (Lipinski definition) is 5. The third kappa shape index (κ3) is 6.67. The lowest BCUT2D eigenvalue weighted by atomic mass is 10.2. The van der Waals surface area contributed by atoms with Crippen LogP contribution in [0.5, 0.6) is 5.75 Å². The van der Waals surface area contributed by atoms with Crippen LogP contribution in [0.2, 0.25) is 0 Å². The molecule has 0 unspecified atom stereocenters. The molecule has 0 spiro atoms. The molecule has 0 fully saturated rings. The van der Waals surface area contributed by atoms with E-state index in [0.717, 1.165) is 0 Å². The molecule has 2 amide bonds. The molecule has 0 radical (unpaired) electrons. The normalized spacial score (nSPS) is 10.7. The number of rotatable bonds is 9. The summed E-state index contributed by atoms with van der Waals surface area (Å²) in [7, 11) is 0. The van der Waals surface area contributed by atoms with Crippen LogP contribution in [-0.2, 0) is 9.63 Å². The summed E-state index contributed by atoms with van der Waals surface area (Å²) in [6, 6.07) is 12.5. The number of nitrogens with one attached hydrogen (secondary N) is 2. The maximum Gasteiger partial charge on any atom is 0.387 e. The Balaban J connectivity index is 1.87. The van der Waals surface area contributed by atoms with Crippen molar-refractivity contribution in [3.8, 4) is 5.75 Å². The van der Waals surface area contributed by atoms with Gasteiger partial charge in [-0.3, -0.25) is 9.59 Å². The summed E-state index contributed by atoms with van der Waals surface area (Å²) >= 11 is 0. The molecule has 0 aliphatic rings. The van der Waals surface area contributed by atoms with Gasteiger partial charge < -0.3 is 20.2 Å². The highest BCUT2D eigenvalue weighted by Crippen LogP contribution is 2.18. The van der Waals surface area contributed by atoms with Gasteiger partial charge in [-0.15, -0.1) is 0 Å². The number of carbonyl (C=O) groups excluding carboxylic acids is 2. The number of anilines is 1. The topological polar surface area (TPSA) is 89.0 Å². The average Bonchev–Trinajstić information content (AvgIpc) is 2.66. The van der Waals surface area contributed by atoms with Crippen LogP contribution in [0, 0.1) is 0 Å². The molecule has 0 bridgehead atoms. The Morgan fingerprint density at radius 3 is 2.71 bits per heavy atom. The van der Waals surface area contributed by atoms with Gasteiger partial charge in [-0.05, 0) is 37.3 Å². The highest BCUT2D eigenvalue weighted by Gasteiger charge is 2.09. The Labute approximate surface area is 160 Å². The van der Waals surface area contributed by atoms with Gasteiger partial charge in [-0.2, -0.15) is 8.78 Å². The van der Waals surface area contributed by atoms with Crippen molar-refractivity contribution >= 4 is 23.7 Å². The van der Waals surface area contributed by atoms with Crippen LogP contribution in [0.4, 0.5) is 14.5 Å². The third-order valence-corrected chi connectivity index (χ3v) is 3.34. The Kier molecular flexibility index (Phi) is 7.89. The van der Waals surface area contributed by atoms with Gasteiger partial charge >= 0.3 is 6.61 Å². The molecule has 28 heavy (non-hydrogen) atoms. The molecule has 0 aliphatic heterocycles. The molecule has 0 atom stereocenters. The van der Waals surface area contributed by atoms with E-state index in [4.69, 9.17) is 4.84 Å². The lowest BCUT2D eigenvalue weighted by Crippen LogP contribution is -2.23. The van der Waals surface area contributed by atoms with Crippen molar-refractivity contribution in [2.75, 3.05) is 18.5 Å². The summed E-state index contributed by atoms with van der Waals surface area (Å²) in [6.07, 6.45) is 1.17. The number of para-hydroxylation sites is 1. The summed E-state index contributed by atoms with van der Waals surface area (Å²) in [6.45, 7) is -1.07. The van der Waals surface area contributed by atoms with Crippen LogP contribution in [0.1, 0.15) is 22.8 Å². The fourth-order valence-electron chi connectivity index (χ4n) is 2.18. The number of carbonyl (C=O) groups is 2. The number of alkyl halides is 2. The summed E-state index contributed by atoms with van der Waals surface area (Å²) in [5, 5.41) is 8.82. The zero-order valence-electron chi connectivity index (χ0n) is 15.0. The molecule has 0 aromatic heterocycles. The minimum absolute atomic E-state index is 0.0588. The smallest absolute Gasteiger partial charge is 0.387 e. The molecule has 2 aromatic carbocycles. The van der Waals surface area contributed by atoms with E-state index in [2.05, 4.69) is 20.5 Å². The number of oxime groups is 1. The van der Waals surface area contributed by atoms with Crippen molar-refractivity contribution in [2.24, 2.45) is 5.16 Å². The Hall–Kier alpha value is -3.49. The highest BCUT2D eigenvalue weighted by atomic mass is 19.3. The second-order valence-corrected chi connectivity index (χ2v) is 5.41. The number of halogens is 2. The van der Waals surface area contributed by atoms with Crippen LogP contribution >= 0.6 is 0 Å². The van der Waals surface area contributed by atoms with Gasteiger partial charge in [0.15, 0.2) is 6.61 Å². The van der Waals surface area contributed by atoms with Crippen molar-refractivity contribution in [3.05, 3.63) is 59.7 Å². The van der Waals surface area contributed by atoms with E-state index in [1.54, 1.807) is 31.2 Å². The van der Waals surface area contributed by atoms with Crippen LogP contribution in [0.25, 0.3) is 0 Å². The van der Waals surface area contributed by atoms with E-state index < -0.39 is 19.1 Å². The molecule has 9 heteroatoms. The predicted molar refractivity (Wildman–Crippen MR) is 99.7 cm³/mol. The van der Waals surface area contributed by atoms with Crippen molar-refractivity contribution in [2.45, 2.75) is 13.5 Å². The lowest BCUT2D eigenvalue weighted by molar-refractivity contribution is -0.120. The van der Waals surface area contributed by atoms with Crippen LogP contribution in [0.3, 0.4) is 0 Å². The minimum Gasteiger partial charge on any atom is -0.434 e. The van der Waals surface area contributed by atoms with Gasteiger partial charge in [-0.1, -0.05) is 23.4 Å². The highest BCUT2D eigenvalue weighted by molar-refractivity contribution is 5.97. The van der Waals surface area contributed by atoms with Crippen molar-refractivity contribution < 1.29 is 27.9 Å². The summed E-state index contributed by atoms with van der Waals surface area (Å²) < 4.78 is 29.1. The standard InChI is InChI=1S/C19H19F2N3O4/c1-2-22-18(26)13-7-5-8-15(10-13)24-17(25)12-27-23-11-14-6-3-4-9-16(14)28-19(20)21/h3-11,19H,2,12H2,1H3,(H,22,26)(H,24,25)/b23-11+. The fraction of sp³-hybridized carbons (Fsp3) is 0.211. The van der Waals surface area contributed by atoms with Gasteiger partial charge in [0, 0.05) is 23.4 Å². The summed E-state index contributed by atoms with van der Waals surface area (Å²) in [5.41, 5.74) is 1.11. The average molecular weight is 391 g/mol. The second-order valence-electron chi connectivity index (χ2n) is 5.41. The Morgan fingerprint density at radius 2 is 1.96 bits per heavy atom. The minimum atomic E-state index is -2.96. The summed E-state index contributed by atoms with van der Waals surface area (Å²) in [4.78, 5) is 28.6. The van der Waals surface area contributed by atoms with Gasteiger partial charge in [0.25, 0.3) is 11.8 Å². The molecule has 2 N–H and O–H groups in total. The first-order valence-electron chi connectivity index (χ1n) is 8.37. The Bertz CT molecular complexity index is 843. The number of hydrogen-bond donors (Lipinski definition) is 2. The van der Waals surface area contributed by atoms with Crippen LogP contribution < -0.4 is 15.4 Å². The maximum atomic E-state index is 12.3. The number of nitrogens with zero attached hydrogens (tertiary/aromatic N) is 1. The molecule has 0 heterocycles. The first-order valence-corrected chi connectivity index (χ1v) is 8.37.